The van der Waals surface area contributed by atoms with Crippen LogP contribution in [0.2, 0.25) is 5.15 Å². The predicted molar refractivity (Wildman–Crippen MR) is 71.6 cm³/mol. The number of aromatic nitrogens is 2. The fraction of sp³-hybridized carbons (Fsp3) is 0.615. The Morgan fingerprint density at radius 3 is 2.90 bits per heavy atom. The second-order valence-electron chi connectivity index (χ2n) is 5.24. The number of amides is 1. The average Bonchev–Trinajstić information content (AvgIpc) is 3.09. The summed E-state index contributed by atoms with van der Waals surface area (Å²) >= 11 is 5.96. The molecular weight excluding hydrogens is 282 g/mol. The van der Waals surface area contributed by atoms with E-state index in [2.05, 4.69) is 10.2 Å². The molecule has 1 saturated carbocycles. The molecule has 2 heterocycles. The molecule has 1 amide bonds. The fourth-order valence-corrected chi connectivity index (χ4v) is 2.75. The molecule has 3 rings (SSSR count). The van der Waals surface area contributed by atoms with Gasteiger partial charge in [-0.15, -0.1) is 0 Å². The van der Waals surface area contributed by atoms with Gasteiger partial charge in [0, 0.05) is 12.5 Å². The molecule has 1 N–H and O–H groups in total. The van der Waals surface area contributed by atoms with E-state index in [9.17, 15) is 9.59 Å². The number of H-pyrrole nitrogens is 1. The Bertz CT molecular complexity index is 553. The largest absolute Gasteiger partial charge is 0.456 e. The van der Waals surface area contributed by atoms with Crippen molar-refractivity contribution in [2.24, 2.45) is 0 Å². The molecule has 1 aliphatic heterocycles. The summed E-state index contributed by atoms with van der Waals surface area (Å²) in [6, 6.07) is 0. The Morgan fingerprint density at radius 1 is 1.55 bits per heavy atom. The molecule has 0 aromatic carbocycles. The third kappa shape index (κ3) is 2.40. The number of likely N-dealkylation sites (tertiary alicyclic amines) is 1. The number of ether oxygens (including phenoxy) is 1. The van der Waals surface area contributed by atoms with Crippen LogP contribution < -0.4 is 0 Å². The zero-order valence-corrected chi connectivity index (χ0v) is 11.9. The lowest BCUT2D eigenvalue weighted by Crippen LogP contribution is -2.26. The first-order chi connectivity index (χ1) is 9.60. The van der Waals surface area contributed by atoms with Crippen LogP contribution in [0, 0.1) is 0 Å². The Balaban J connectivity index is 1.71. The van der Waals surface area contributed by atoms with E-state index in [1.807, 2.05) is 6.92 Å². The van der Waals surface area contributed by atoms with Crippen LogP contribution in [0.4, 0.5) is 0 Å². The smallest absolute Gasteiger partial charge is 0.343 e. The molecule has 0 bridgehead atoms. The summed E-state index contributed by atoms with van der Waals surface area (Å²) in [6.07, 6.45) is 1.91. The molecule has 6 nitrogen and oxygen atoms in total. The van der Waals surface area contributed by atoms with E-state index in [1.165, 1.54) is 0 Å². The lowest BCUT2D eigenvalue weighted by Gasteiger charge is -2.14. The van der Waals surface area contributed by atoms with Crippen LogP contribution in [0.1, 0.15) is 48.2 Å². The molecule has 7 heteroatoms. The maximum absolute atomic E-state index is 12.2. The summed E-state index contributed by atoms with van der Waals surface area (Å²) in [7, 11) is 0. The van der Waals surface area contributed by atoms with Crippen LogP contribution in [-0.4, -0.2) is 46.2 Å². The lowest BCUT2D eigenvalue weighted by molar-refractivity contribution is -0.127. The van der Waals surface area contributed by atoms with E-state index in [0.29, 0.717) is 24.6 Å². The number of carbonyl (C=O) groups is 2. The van der Waals surface area contributed by atoms with E-state index < -0.39 is 12.1 Å². The molecule has 1 unspecified atom stereocenters. The summed E-state index contributed by atoms with van der Waals surface area (Å²) in [4.78, 5) is 25.5. The van der Waals surface area contributed by atoms with Crippen LogP contribution in [0.25, 0.3) is 0 Å². The Hall–Kier alpha value is -1.56. The first-order valence-corrected chi connectivity index (χ1v) is 7.20. The summed E-state index contributed by atoms with van der Waals surface area (Å²) < 4.78 is 5.41. The molecule has 20 heavy (non-hydrogen) atoms. The maximum atomic E-state index is 12.2. The Kier molecular flexibility index (Phi) is 3.41. The van der Waals surface area contributed by atoms with Gasteiger partial charge in [0.05, 0.1) is 18.7 Å². The van der Waals surface area contributed by atoms with Crippen LogP contribution >= 0.6 is 11.6 Å². The maximum Gasteiger partial charge on any atom is 0.343 e. The number of likely N-dealkylation sites (N-methyl/N-ethyl adjacent to an activating group) is 1. The van der Waals surface area contributed by atoms with Gasteiger partial charge in [-0.05, 0) is 19.8 Å². The van der Waals surface area contributed by atoms with Crippen LogP contribution in [0.15, 0.2) is 0 Å². The van der Waals surface area contributed by atoms with Gasteiger partial charge in [0.2, 0.25) is 5.91 Å². The van der Waals surface area contributed by atoms with Gasteiger partial charge in [0.1, 0.15) is 11.7 Å². The van der Waals surface area contributed by atoms with Crippen molar-refractivity contribution in [2.45, 2.75) is 38.2 Å². The highest BCUT2D eigenvalue weighted by Gasteiger charge is 2.36. The number of nitrogens with one attached hydrogen (secondary N) is 1. The number of halogens is 1. The third-order valence-electron chi connectivity index (χ3n) is 3.77. The lowest BCUT2D eigenvalue weighted by atomic mass is 10.2. The summed E-state index contributed by atoms with van der Waals surface area (Å²) in [5, 5.41) is 6.84. The topological polar surface area (TPSA) is 75.3 Å². The van der Waals surface area contributed by atoms with E-state index >= 15 is 0 Å². The predicted octanol–water partition coefficient (Wildman–Crippen LogP) is 1.72. The van der Waals surface area contributed by atoms with E-state index in [-0.39, 0.29) is 17.5 Å². The van der Waals surface area contributed by atoms with Gasteiger partial charge in [0.25, 0.3) is 0 Å². The second-order valence-corrected chi connectivity index (χ2v) is 5.60. The Labute approximate surface area is 121 Å². The van der Waals surface area contributed by atoms with Crippen LogP contribution in [0.3, 0.4) is 0 Å². The number of hydrogen-bond donors (Lipinski definition) is 1. The van der Waals surface area contributed by atoms with Crippen molar-refractivity contribution in [2.75, 3.05) is 13.1 Å². The van der Waals surface area contributed by atoms with Gasteiger partial charge in [-0.3, -0.25) is 9.89 Å². The number of hydrogen-bond acceptors (Lipinski definition) is 4. The van der Waals surface area contributed by atoms with E-state index in [1.54, 1.807) is 4.90 Å². The van der Waals surface area contributed by atoms with Gasteiger partial charge in [0.15, 0.2) is 5.15 Å². The van der Waals surface area contributed by atoms with Gasteiger partial charge >= 0.3 is 5.97 Å². The SMILES string of the molecule is CCN1CC(OC(=O)c2c(Cl)n[nH]c2C2CC2)CC1=O. The summed E-state index contributed by atoms with van der Waals surface area (Å²) in [5.41, 5.74) is 1.09. The van der Waals surface area contributed by atoms with Crippen molar-refractivity contribution in [1.29, 1.82) is 0 Å². The number of nitrogens with zero attached hydrogens (tertiary/aromatic N) is 2. The minimum absolute atomic E-state index is 0.0195. The Morgan fingerprint density at radius 2 is 2.30 bits per heavy atom. The number of aromatic amines is 1. The summed E-state index contributed by atoms with van der Waals surface area (Å²) in [5.74, 6) is -0.137. The molecular formula is C13H16ClN3O3. The third-order valence-corrected chi connectivity index (χ3v) is 4.05. The monoisotopic (exact) mass is 297 g/mol. The van der Waals surface area contributed by atoms with E-state index in [0.717, 1.165) is 18.5 Å². The molecule has 2 fully saturated rings. The van der Waals surface area contributed by atoms with Crippen molar-refractivity contribution >= 4 is 23.5 Å². The minimum atomic E-state index is -0.485. The molecule has 108 valence electrons. The van der Waals surface area contributed by atoms with Gasteiger partial charge in [-0.1, -0.05) is 11.6 Å². The number of esters is 1. The quantitative estimate of drug-likeness (QED) is 0.859. The van der Waals surface area contributed by atoms with Crippen molar-refractivity contribution in [3.05, 3.63) is 16.4 Å². The first-order valence-electron chi connectivity index (χ1n) is 6.82. The fourth-order valence-electron chi connectivity index (χ4n) is 2.52. The van der Waals surface area contributed by atoms with E-state index in [4.69, 9.17) is 16.3 Å². The van der Waals surface area contributed by atoms with Gasteiger partial charge in [-0.2, -0.15) is 5.10 Å². The molecule has 1 atom stereocenters. The summed E-state index contributed by atoms with van der Waals surface area (Å²) in [6.45, 7) is 2.99. The van der Waals surface area contributed by atoms with Gasteiger partial charge in [-0.25, -0.2) is 4.79 Å². The molecule has 0 spiro atoms. The van der Waals surface area contributed by atoms with Crippen molar-refractivity contribution in [3.63, 3.8) is 0 Å². The molecule has 0 radical (unpaired) electrons. The first kappa shape index (κ1) is 13.4. The molecule has 1 aromatic rings. The molecule has 2 aliphatic rings. The average molecular weight is 298 g/mol. The molecule has 1 aromatic heterocycles. The second kappa shape index (κ2) is 5.09. The highest BCUT2D eigenvalue weighted by Crippen LogP contribution is 2.42. The van der Waals surface area contributed by atoms with Crippen LogP contribution in [-0.2, 0) is 9.53 Å². The number of carbonyl (C=O) groups excluding carboxylic acids is 2. The molecule has 1 saturated heterocycles. The normalized spacial score (nSPS) is 22.4. The van der Waals surface area contributed by atoms with Gasteiger partial charge < -0.3 is 9.64 Å². The standard InChI is InChI=1S/C13H16ClN3O3/c1-2-17-6-8(5-9(17)18)20-13(19)10-11(7-3-4-7)15-16-12(10)14/h7-8H,2-6H2,1H3,(H,15,16). The van der Waals surface area contributed by atoms with Crippen molar-refractivity contribution in [1.82, 2.24) is 15.1 Å². The highest BCUT2D eigenvalue weighted by atomic mass is 35.5. The molecule has 1 aliphatic carbocycles. The number of rotatable bonds is 4. The van der Waals surface area contributed by atoms with Crippen LogP contribution in [0.5, 0.6) is 0 Å². The van der Waals surface area contributed by atoms with Crippen molar-refractivity contribution in [3.8, 4) is 0 Å². The zero-order chi connectivity index (χ0) is 14.3. The zero-order valence-electron chi connectivity index (χ0n) is 11.2. The van der Waals surface area contributed by atoms with Crippen molar-refractivity contribution < 1.29 is 14.3 Å². The minimum Gasteiger partial charge on any atom is -0.456 e. The highest BCUT2D eigenvalue weighted by molar-refractivity contribution is 6.32.